The second-order valence-corrected chi connectivity index (χ2v) is 17.0. The Balaban J connectivity index is 1.10. The van der Waals surface area contributed by atoms with Crippen LogP contribution in [0.1, 0.15) is 16.7 Å². The third kappa shape index (κ3) is 8.79. The molecule has 0 saturated heterocycles. The van der Waals surface area contributed by atoms with Gasteiger partial charge in [0.25, 0.3) is 0 Å². The smallest absolute Gasteiger partial charge is 0.188 e. The number of rotatable bonds is 11. The molecule has 0 bridgehead atoms. The van der Waals surface area contributed by atoms with Crippen molar-refractivity contribution in [3.05, 3.63) is 265 Å². The van der Waals surface area contributed by atoms with Crippen molar-refractivity contribution in [2.45, 2.75) is 13.8 Å². The highest BCUT2D eigenvalue weighted by atomic mass is 15.1. The number of nitrogens with one attached hydrogen (secondary N) is 1. The van der Waals surface area contributed by atoms with E-state index in [0.717, 1.165) is 101 Å². The van der Waals surface area contributed by atoms with E-state index in [1.165, 1.54) is 5.56 Å². The van der Waals surface area contributed by atoms with E-state index in [9.17, 15) is 5.26 Å². The Hall–Kier alpha value is -9.22. The average molecular weight is 871 g/mol. The molecule has 322 valence electrons. The van der Waals surface area contributed by atoms with Crippen molar-refractivity contribution in [2.24, 2.45) is 0 Å². The molecule has 0 aromatic heterocycles. The van der Waals surface area contributed by atoms with Crippen LogP contribution in [0.5, 0.6) is 0 Å². The number of aryl methyl sites for hydroxylation is 2. The third-order valence-corrected chi connectivity index (χ3v) is 12.6. The molecule has 1 N–H and O–H groups in total. The molecule has 0 atom stereocenters. The van der Waals surface area contributed by atoms with Crippen LogP contribution >= 0.6 is 0 Å². The minimum absolute atomic E-state index is 0.593. The summed E-state index contributed by atoms with van der Waals surface area (Å²) in [5.41, 5.74) is 21.3. The third-order valence-electron chi connectivity index (χ3n) is 12.6. The summed E-state index contributed by atoms with van der Waals surface area (Å²) in [4.78, 5) is 6.09. The summed E-state index contributed by atoms with van der Waals surface area (Å²) in [6.45, 7) is 12.1. The maximum Gasteiger partial charge on any atom is 0.188 e. The molecule has 0 amide bonds. The van der Waals surface area contributed by atoms with E-state index in [1.54, 1.807) is 0 Å². The van der Waals surface area contributed by atoms with Gasteiger partial charge >= 0.3 is 0 Å². The van der Waals surface area contributed by atoms with Gasteiger partial charge in [0, 0.05) is 33.9 Å². The largest absolute Gasteiger partial charge is 0.354 e. The SMILES string of the molecule is [C-]#[N+]c1ccc(Nc2c(C)cc(-c3ccc(N(c4ccc(-c5ccccc5)cc4)c4ccc(C#N)cc4-c4ccccc4)c(C)c3)cc2-c2ccc(-c3ccccc3)cc2)c(-c2ccccc2)c1. The second-order valence-electron chi connectivity index (χ2n) is 17.0. The van der Waals surface area contributed by atoms with Crippen molar-refractivity contribution in [3.63, 3.8) is 0 Å². The van der Waals surface area contributed by atoms with Crippen LogP contribution in [-0.2, 0) is 0 Å². The van der Waals surface area contributed by atoms with Crippen LogP contribution < -0.4 is 10.2 Å². The van der Waals surface area contributed by atoms with E-state index in [1.807, 2.05) is 78.9 Å². The molecule has 0 spiro atoms. The fourth-order valence-electron chi connectivity index (χ4n) is 9.10. The quantitative estimate of drug-likeness (QED) is 0.132. The highest BCUT2D eigenvalue weighted by Crippen LogP contribution is 2.45. The maximum absolute atomic E-state index is 10.1. The Morgan fingerprint density at radius 2 is 0.897 bits per heavy atom. The molecular formula is C64H46N4. The van der Waals surface area contributed by atoms with E-state index in [4.69, 9.17) is 6.57 Å². The van der Waals surface area contributed by atoms with E-state index in [0.29, 0.717) is 11.3 Å². The Morgan fingerprint density at radius 3 is 1.47 bits per heavy atom. The molecule has 10 rings (SSSR count). The van der Waals surface area contributed by atoms with Gasteiger partial charge < -0.3 is 10.2 Å². The Kier molecular flexibility index (Phi) is 12.0. The van der Waals surface area contributed by atoms with Crippen molar-refractivity contribution in [1.82, 2.24) is 0 Å². The second kappa shape index (κ2) is 19.1. The fraction of sp³-hybridized carbons (Fsp3) is 0.0312. The van der Waals surface area contributed by atoms with Gasteiger partial charge in [0.05, 0.1) is 23.9 Å². The van der Waals surface area contributed by atoms with Crippen molar-refractivity contribution in [2.75, 3.05) is 10.2 Å². The molecule has 4 nitrogen and oxygen atoms in total. The molecule has 10 aromatic carbocycles. The summed E-state index contributed by atoms with van der Waals surface area (Å²) >= 11 is 0. The topological polar surface area (TPSA) is 43.4 Å². The predicted molar refractivity (Wildman–Crippen MR) is 284 cm³/mol. The Morgan fingerprint density at radius 1 is 0.412 bits per heavy atom. The van der Waals surface area contributed by atoms with Crippen molar-refractivity contribution in [3.8, 4) is 72.8 Å². The molecular weight excluding hydrogens is 825 g/mol. The summed E-state index contributed by atoms with van der Waals surface area (Å²) in [6.07, 6.45) is 0. The lowest BCUT2D eigenvalue weighted by atomic mass is 9.92. The first-order valence-electron chi connectivity index (χ1n) is 22.7. The first-order valence-corrected chi connectivity index (χ1v) is 22.7. The predicted octanol–water partition coefficient (Wildman–Crippen LogP) is 17.9. The lowest BCUT2D eigenvalue weighted by Crippen LogP contribution is -2.13. The molecule has 4 heteroatoms. The number of anilines is 5. The summed E-state index contributed by atoms with van der Waals surface area (Å²) in [6, 6.07) is 84.5. The molecule has 0 saturated carbocycles. The Labute approximate surface area is 399 Å². The van der Waals surface area contributed by atoms with Gasteiger partial charge in [-0.3, -0.25) is 0 Å². The van der Waals surface area contributed by atoms with Gasteiger partial charge in [0.15, 0.2) is 5.69 Å². The van der Waals surface area contributed by atoms with Gasteiger partial charge in [-0.15, -0.1) is 0 Å². The van der Waals surface area contributed by atoms with Gasteiger partial charge in [-0.1, -0.05) is 170 Å². The monoisotopic (exact) mass is 870 g/mol. The molecule has 68 heavy (non-hydrogen) atoms. The molecule has 0 unspecified atom stereocenters. The van der Waals surface area contributed by atoms with E-state index in [-0.39, 0.29) is 0 Å². The van der Waals surface area contributed by atoms with Gasteiger partial charge in [-0.25, -0.2) is 4.85 Å². The number of benzene rings is 10. The molecule has 0 aliphatic carbocycles. The van der Waals surface area contributed by atoms with Gasteiger partial charge in [-0.2, -0.15) is 5.26 Å². The highest BCUT2D eigenvalue weighted by Gasteiger charge is 2.21. The van der Waals surface area contributed by atoms with Gasteiger partial charge in [-0.05, 0) is 147 Å². The zero-order valence-corrected chi connectivity index (χ0v) is 37.9. The summed E-state index contributed by atoms with van der Waals surface area (Å²) in [7, 11) is 0. The van der Waals surface area contributed by atoms with Crippen LogP contribution in [-0.4, -0.2) is 0 Å². The molecule has 0 heterocycles. The maximum atomic E-state index is 10.1. The molecule has 10 aromatic rings. The molecule has 0 aliphatic rings. The first-order chi connectivity index (χ1) is 33.4. The Bertz CT molecular complexity index is 3480. The molecule has 0 fully saturated rings. The first kappa shape index (κ1) is 42.7. The van der Waals surface area contributed by atoms with Gasteiger partial charge in [0.2, 0.25) is 0 Å². The molecule has 0 radical (unpaired) electrons. The van der Waals surface area contributed by atoms with Crippen LogP contribution in [0.15, 0.2) is 237 Å². The standard InChI is InChI=1S/C64H46N4/c1-44-38-54(31-37-62(44)68(57-33-29-50(30-34-57)48-18-10-5-11-19-48)63-36-24-46(43-65)40-59(63)52-22-14-7-15-23-52)55-39-45(2)64(60(41-55)53-27-25-49(26-28-53)47-16-8-4-9-17-47)67-61-35-32-56(66-3)42-58(61)51-20-12-6-13-21-51/h4-42,67H,1-2H3. The zero-order chi connectivity index (χ0) is 46.4. The summed E-state index contributed by atoms with van der Waals surface area (Å²) in [5.74, 6) is 0. The van der Waals surface area contributed by atoms with Crippen LogP contribution in [0.25, 0.3) is 71.6 Å². The zero-order valence-electron chi connectivity index (χ0n) is 37.9. The van der Waals surface area contributed by atoms with Crippen LogP contribution in [0.3, 0.4) is 0 Å². The highest BCUT2D eigenvalue weighted by molar-refractivity contribution is 5.94. The van der Waals surface area contributed by atoms with E-state index < -0.39 is 0 Å². The minimum atomic E-state index is 0.593. The molecule has 0 aliphatic heterocycles. The number of nitriles is 1. The van der Waals surface area contributed by atoms with Crippen LogP contribution in [0.4, 0.5) is 34.1 Å². The fourth-order valence-corrected chi connectivity index (χ4v) is 9.10. The van der Waals surface area contributed by atoms with E-state index >= 15 is 0 Å². The number of hydrogen-bond acceptors (Lipinski definition) is 3. The van der Waals surface area contributed by atoms with Crippen molar-refractivity contribution in [1.29, 1.82) is 5.26 Å². The number of hydrogen-bond donors (Lipinski definition) is 1. The average Bonchev–Trinajstić information content (AvgIpc) is 3.41. The number of nitrogens with zero attached hydrogens (tertiary/aromatic N) is 3. The summed E-state index contributed by atoms with van der Waals surface area (Å²) in [5, 5.41) is 13.9. The van der Waals surface area contributed by atoms with Crippen LogP contribution in [0, 0.1) is 31.8 Å². The van der Waals surface area contributed by atoms with Crippen molar-refractivity contribution >= 4 is 34.1 Å². The van der Waals surface area contributed by atoms with Crippen LogP contribution in [0.2, 0.25) is 0 Å². The van der Waals surface area contributed by atoms with E-state index in [2.05, 4.69) is 193 Å². The summed E-state index contributed by atoms with van der Waals surface area (Å²) < 4.78 is 0. The lowest BCUT2D eigenvalue weighted by Gasteiger charge is -2.30. The van der Waals surface area contributed by atoms with Crippen molar-refractivity contribution < 1.29 is 0 Å². The normalized spacial score (nSPS) is 10.8. The van der Waals surface area contributed by atoms with Gasteiger partial charge in [0.1, 0.15) is 0 Å². The lowest BCUT2D eigenvalue weighted by molar-refractivity contribution is 1.25. The minimum Gasteiger partial charge on any atom is -0.354 e.